The highest BCUT2D eigenvalue weighted by molar-refractivity contribution is 5.94. The number of carbonyl (C=O) groups excluding carboxylic acids is 2. The number of piperidine rings is 2. The van der Waals surface area contributed by atoms with Gasteiger partial charge in [0.25, 0.3) is 5.91 Å². The van der Waals surface area contributed by atoms with E-state index in [2.05, 4.69) is 0 Å². The lowest BCUT2D eigenvalue weighted by Gasteiger charge is -2.47. The van der Waals surface area contributed by atoms with Crippen LogP contribution in [0.1, 0.15) is 35.2 Å². The van der Waals surface area contributed by atoms with E-state index in [0.717, 1.165) is 18.4 Å². The molecule has 0 N–H and O–H groups in total. The quantitative estimate of drug-likeness (QED) is 0.849. The number of benzene rings is 1. The minimum Gasteiger partial charge on any atom is -0.472 e. The molecule has 136 valence electrons. The fourth-order valence-corrected chi connectivity index (χ4v) is 4.14. The van der Waals surface area contributed by atoms with E-state index in [1.807, 2.05) is 15.9 Å². The van der Waals surface area contributed by atoms with Gasteiger partial charge in [-0.05, 0) is 42.5 Å². The van der Waals surface area contributed by atoms with Crippen molar-refractivity contribution in [2.45, 2.75) is 31.8 Å². The largest absolute Gasteiger partial charge is 0.472 e. The van der Waals surface area contributed by atoms with Crippen LogP contribution in [0.2, 0.25) is 0 Å². The predicted octanol–water partition coefficient (Wildman–Crippen LogP) is 3.07. The van der Waals surface area contributed by atoms with E-state index in [1.54, 1.807) is 12.1 Å². The smallest absolute Gasteiger partial charge is 0.257 e. The Labute approximate surface area is 151 Å². The average molecular weight is 356 g/mol. The van der Waals surface area contributed by atoms with Gasteiger partial charge in [-0.1, -0.05) is 12.1 Å². The molecule has 0 bridgehead atoms. The summed E-state index contributed by atoms with van der Waals surface area (Å²) in [4.78, 5) is 28.8. The summed E-state index contributed by atoms with van der Waals surface area (Å²) in [5.74, 6) is 0.0609. The van der Waals surface area contributed by atoms with Gasteiger partial charge >= 0.3 is 0 Å². The minimum absolute atomic E-state index is 0.0224. The summed E-state index contributed by atoms with van der Waals surface area (Å²) in [6.45, 7) is 1.67. The Morgan fingerprint density at radius 3 is 2.92 bits per heavy atom. The zero-order valence-electron chi connectivity index (χ0n) is 14.4. The number of hydrogen-bond acceptors (Lipinski definition) is 3. The lowest BCUT2D eigenvalue weighted by molar-refractivity contribution is -0.141. The molecule has 2 atom stereocenters. The van der Waals surface area contributed by atoms with Crippen molar-refractivity contribution >= 4 is 11.8 Å². The standard InChI is InChI=1S/C20H21FN2O3/c21-17-3-1-2-14(10-17)11-23-18-6-8-22(12-15(18)4-5-19(23)24)20(25)16-7-9-26-13-16/h1-3,7,9-10,13,15,18H,4-6,8,11-12H2/t15-,18+/m0/s1. The van der Waals surface area contributed by atoms with Crippen LogP contribution in [-0.4, -0.2) is 40.7 Å². The minimum atomic E-state index is -0.288. The first-order valence-electron chi connectivity index (χ1n) is 8.97. The van der Waals surface area contributed by atoms with Crippen LogP contribution < -0.4 is 0 Å². The topological polar surface area (TPSA) is 53.8 Å². The molecule has 0 radical (unpaired) electrons. The van der Waals surface area contributed by atoms with Gasteiger partial charge in [0, 0.05) is 32.1 Å². The number of hydrogen-bond donors (Lipinski definition) is 0. The third kappa shape index (κ3) is 3.23. The lowest BCUT2D eigenvalue weighted by atomic mass is 9.83. The Morgan fingerprint density at radius 2 is 2.15 bits per heavy atom. The van der Waals surface area contributed by atoms with Gasteiger partial charge in [-0.3, -0.25) is 9.59 Å². The van der Waals surface area contributed by atoms with Gasteiger partial charge in [0.05, 0.1) is 11.8 Å². The van der Waals surface area contributed by atoms with Crippen molar-refractivity contribution in [3.8, 4) is 0 Å². The molecule has 2 aromatic rings. The van der Waals surface area contributed by atoms with E-state index in [9.17, 15) is 14.0 Å². The van der Waals surface area contributed by atoms with Crippen molar-refractivity contribution in [3.05, 3.63) is 59.8 Å². The van der Waals surface area contributed by atoms with E-state index in [0.29, 0.717) is 31.6 Å². The molecule has 2 fully saturated rings. The van der Waals surface area contributed by atoms with E-state index in [4.69, 9.17) is 4.42 Å². The number of likely N-dealkylation sites (tertiary alicyclic amines) is 2. The molecule has 0 spiro atoms. The maximum absolute atomic E-state index is 13.5. The monoisotopic (exact) mass is 356 g/mol. The molecule has 0 aliphatic carbocycles. The Kier molecular flexibility index (Phi) is 4.49. The molecular weight excluding hydrogens is 335 g/mol. The van der Waals surface area contributed by atoms with E-state index < -0.39 is 0 Å². The second-order valence-corrected chi connectivity index (χ2v) is 7.07. The predicted molar refractivity (Wildman–Crippen MR) is 92.7 cm³/mol. The summed E-state index contributed by atoms with van der Waals surface area (Å²) in [6.07, 6.45) is 4.98. The molecule has 2 amide bonds. The van der Waals surface area contributed by atoms with Gasteiger partial charge in [-0.15, -0.1) is 0 Å². The van der Waals surface area contributed by atoms with E-state index in [1.165, 1.54) is 24.7 Å². The molecule has 2 aliphatic rings. The summed E-state index contributed by atoms with van der Waals surface area (Å²) < 4.78 is 18.5. The number of halogens is 1. The molecule has 4 rings (SSSR count). The number of furan rings is 1. The zero-order chi connectivity index (χ0) is 18.1. The van der Waals surface area contributed by atoms with Crippen LogP contribution in [0.25, 0.3) is 0 Å². The van der Waals surface area contributed by atoms with Crippen molar-refractivity contribution in [3.63, 3.8) is 0 Å². The van der Waals surface area contributed by atoms with Crippen LogP contribution in [-0.2, 0) is 11.3 Å². The van der Waals surface area contributed by atoms with Crippen LogP contribution in [0.4, 0.5) is 4.39 Å². The van der Waals surface area contributed by atoms with E-state index >= 15 is 0 Å². The summed E-state index contributed by atoms with van der Waals surface area (Å²) >= 11 is 0. The maximum atomic E-state index is 13.5. The lowest BCUT2D eigenvalue weighted by Crippen LogP contribution is -2.56. The highest BCUT2D eigenvalue weighted by atomic mass is 19.1. The molecule has 0 unspecified atom stereocenters. The van der Waals surface area contributed by atoms with Crippen molar-refractivity contribution in [1.29, 1.82) is 0 Å². The second kappa shape index (κ2) is 6.94. The van der Waals surface area contributed by atoms with Gasteiger partial charge in [-0.2, -0.15) is 0 Å². The van der Waals surface area contributed by atoms with Gasteiger partial charge in [0.15, 0.2) is 0 Å². The molecular formula is C20H21FN2O3. The molecule has 1 aromatic heterocycles. The van der Waals surface area contributed by atoms with Crippen molar-refractivity contribution < 1.29 is 18.4 Å². The Hall–Kier alpha value is -2.63. The summed E-state index contributed by atoms with van der Waals surface area (Å²) in [6, 6.07) is 8.18. The first-order chi connectivity index (χ1) is 12.6. The number of rotatable bonds is 3. The number of amides is 2. The Bertz CT molecular complexity index is 805. The maximum Gasteiger partial charge on any atom is 0.257 e. The number of nitrogens with zero attached hydrogens (tertiary/aromatic N) is 2. The van der Waals surface area contributed by atoms with Crippen LogP contribution in [0, 0.1) is 11.7 Å². The fraction of sp³-hybridized carbons (Fsp3) is 0.400. The number of fused-ring (bicyclic) bond motifs is 1. The second-order valence-electron chi connectivity index (χ2n) is 7.07. The molecule has 26 heavy (non-hydrogen) atoms. The van der Waals surface area contributed by atoms with Crippen molar-refractivity contribution in [1.82, 2.24) is 9.80 Å². The van der Waals surface area contributed by atoms with Crippen LogP contribution in [0.5, 0.6) is 0 Å². The molecule has 5 nitrogen and oxygen atoms in total. The summed E-state index contributed by atoms with van der Waals surface area (Å²) in [5.41, 5.74) is 1.36. The SMILES string of the molecule is O=C(c1ccoc1)N1CC[C@@H]2[C@@H](CCC(=O)N2Cc2cccc(F)c2)C1. The third-order valence-corrected chi connectivity index (χ3v) is 5.44. The van der Waals surface area contributed by atoms with Gasteiger partial charge in [0.2, 0.25) is 5.91 Å². The summed E-state index contributed by atoms with van der Waals surface area (Å²) in [7, 11) is 0. The van der Waals surface area contributed by atoms with Crippen LogP contribution in [0.3, 0.4) is 0 Å². The molecule has 0 saturated carbocycles. The molecule has 6 heteroatoms. The Balaban J connectivity index is 1.47. The molecule has 1 aromatic carbocycles. The Morgan fingerprint density at radius 1 is 1.27 bits per heavy atom. The zero-order valence-corrected chi connectivity index (χ0v) is 14.4. The van der Waals surface area contributed by atoms with Gasteiger partial charge < -0.3 is 14.2 Å². The average Bonchev–Trinajstić information content (AvgIpc) is 3.18. The molecule has 3 heterocycles. The van der Waals surface area contributed by atoms with Crippen molar-refractivity contribution in [2.24, 2.45) is 5.92 Å². The first kappa shape index (κ1) is 16.8. The van der Waals surface area contributed by atoms with Gasteiger partial charge in [0.1, 0.15) is 12.1 Å². The van der Waals surface area contributed by atoms with E-state index in [-0.39, 0.29) is 29.6 Å². The first-order valence-corrected chi connectivity index (χ1v) is 8.97. The van der Waals surface area contributed by atoms with Gasteiger partial charge in [-0.25, -0.2) is 4.39 Å². The third-order valence-electron chi connectivity index (χ3n) is 5.44. The van der Waals surface area contributed by atoms with Crippen LogP contribution >= 0.6 is 0 Å². The fourth-order valence-electron chi connectivity index (χ4n) is 4.14. The highest BCUT2D eigenvalue weighted by Crippen LogP contribution is 2.33. The number of carbonyl (C=O) groups is 2. The normalized spacial score (nSPS) is 23.0. The highest BCUT2D eigenvalue weighted by Gasteiger charge is 2.40. The van der Waals surface area contributed by atoms with Crippen molar-refractivity contribution in [2.75, 3.05) is 13.1 Å². The molecule has 2 aliphatic heterocycles. The molecule has 2 saturated heterocycles. The van der Waals surface area contributed by atoms with Crippen LogP contribution in [0.15, 0.2) is 47.3 Å². The summed E-state index contributed by atoms with van der Waals surface area (Å²) in [5, 5.41) is 0.